The number of nitrogens with zero attached hydrogens (tertiary/aromatic N) is 2. The van der Waals surface area contributed by atoms with Crippen molar-refractivity contribution in [3.05, 3.63) is 66.4 Å². The number of aromatic nitrogens is 3. The van der Waals surface area contributed by atoms with Crippen molar-refractivity contribution in [2.24, 2.45) is 0 Å². The van der Waals surface area contributed by atoms with Gasteiger partial charge in [0, 0.05) is 49.2 Å². The van der Waals surface area contributed by atoms with E-state index in [2.05, 4.69) is 26.3 Å². The van der Waals surface area contributed by atoms with E-state index in [4.69, 9.17) is 0 Å². The van der Waals surface area contributed by atoms with E-state index in [9.17, 15) is 4.79 Å². The van der Waals surface area contributed by atoms with Crippen molar-refractivity contribution < 1.29 is 4.79 Å². The van der Waals surface area contributed by atoms with Crippen molar-refractivity contribution in [3.63, 3.8) is 0 Å². The van der Waals surface area contributed by atoms with E-state index in [1.165, 1.54) is 0 Å². The Balaban J connectivity index is 1.58. The smallest absolute Gasteiger partial charge is 0.270 e. The standard InChI is InChI=1S/C20H21N5O/c1-2-25(13-14-3-7-21-8-4-14)20(26)18-11-15(12-24-18)16-5-9-22-19-17(16)6-10-23-19/h3-7,9-12,21,24H,2,8,13H2,1H3,(H,22,23). The molecule has 26 heavy (non-hydrogen) atoms. The van der Waals surface area contributed by atoms with Gasteiger partial charge in [0.15, 0.2) is 0 Å². The van der Waals surface area contributed by atoms with Crippen molar-refractivity contribution in [2.75, 3.05) is 19.6 Å². The third-order valence-corrected chi connectivity index (χ3v) is 4.62. The first-order valence-electron chi connectivity index (χ1n) is 8.75. The summed E-state index contributed by atoms with van der Waals surface area (Å²) >= 11 is 0. The molecule has 132 valence electrons. The number of carbonyl (C=O) groups is 1. The first-order valence-corrected chi connectivity index (χ1v) is 8.75. The third kappa shape index (κ3) is 3.01. The summed E-state index contributed by atoms with van der Waals surface area (Å²) < 4.78 is 0. The minimum absolute atomic E-state index is 0.00551. The van der Waals surface area contributed by atoms with Crippen molar-refractivity contribution >= 4 is 16.9 Å². The van der Waals surface area contributed by atoms with Crippen LogP contribution in [0.15, 0.2) is 60.7 Å². The van der Waals surface area contributed by atoms with Crippen molar-refractivity contribution in [1.82, 2.24) is 25.2 Å². The molecule has 0 spiro atoms. The zero-order valence-electron chi connectivity index (χ0n) is 14.6. The number of hydrogen-bond donors (Lipinski definition) is 3. The zero-order valence-corrected chi connectivity index (χ0v) is 14.6. The van der Waals surface area contributed by atoms with Crippen LogP contribution in [0.4, 0.5) is 0 Å². The molecule has 0 aromatic carbocycles. The number of H-pyrrole nitrogens is 2. The first kappa shape index (κ1) is 16.2. The lowest BCUT2D eigenvalue weighted by atomic mass is 10.1. The van der Waals surface area contributed by atoms with Crippen LogP contribution in [0.3, 0.4) is 0 Å². The lowest BCUT2D eigenvalue weighted by Crippen LogP contribution is -2.33. The molecule has 1 amide bonds. The second-order valence-corrected chi connectivity index (χ2v) is 6.24. The summed E-state index contributed by atoms with van der Waals surface area (Å²) in [6.07, 6.45) is 11.6. The summed E-state index contributed by atoms with van der Waals surface area (Å²) in [6.45, 7) is 4.07. The van der Waals surface area contributed by atoms with Crippen LogP contribution in [0.5, 0.6) is 0 Å². The van der Waals surface area contributed by atoms with Crippen LogP contribution in [0.2, 0.25) is 0 Å². The fourth-order valence-corrected chi connectivity index (χ4v) is 3.21. The van der Waals surface area contributed by atoms with Gasteiger partial charge in [-0.3, -0.25) is 4.79 Å². The maximum Gasteiger partial charge on any atom is 0.270 e. The number of amides is 1. The molecule has 6 heteroatoms. The molecule has 6 nitrogen and oxygen atoms in total. The number of fused-ring (bicyclic) bond motifs is 1. The van der Waals surface area contributed by atoms with Crippen LogP contribution in [-0.2, 0) is 0 Å². The van der Waals surface area contributed by atoms with Crippen molar-refractivity contribution in [1.29, 1.82) is 0 Å². The van der Waals surface area contributed by atoms with E-state index >= 15 is 0 Å². The summed E-state index contributed by atoms with van der Waals surface area (Å²) in [5, 5.41) is 4.17. The number of dihydropyridines is 1. The largest absolute Gasteiger partial charge is 0.387 e. The molecule has 1 aliphatic heterocycles. The third-order valence-electron chi connectivity index (χ3n) is 4.62. The van der Waals surface area contributed by atoms with E-state index < -0.39 is 0 Å². The number of nitrogens with one attached hydrogen (secondary N) is 3. The van der Waals surface area contributed by atoms with E-state index in [1.807, 2.05) is 54.7 Å². The fraction of sp³-hybridized carbons (Fsp3) is 0.200. The average molecular weight is 347 g/mol. The van der Waals surface area contributed by atoms with Gasteiger partial charge in [-0.1, -0.05) is 6.08 Å². The molecule has 3 aromatic rings. The minimum Gasteiger partial charge on any atom is -0.387 e. The molecule has 0 aliphatic carbocycles. The number of hydrogen-bond acceptors (Lipinski definition) is 3. The van der Waals surface area contributed by atoms with Crippen LogP contribution in [-0.4, -0.2) is 45.4 Å². The van der Waals surface area contributed by atoms with Gasteiger partial charge in [-0.05, 0) is 48.5 Å². The number of likely N-dealkylation sites (N-methyl/N-ethyl adjacent to an activating group) is 1. The quantitative estimate of drug-likeness (QED) is 0.664. The highest BCUT2D eigenvalue weighted by atomic mass is 16.2. The Labute approximate surface area is 151 Å². The Kier molecular flexibility index (Phi) is 4.31. The molecule has 3 aromatic heterocycles. The van der Waals surface area contributed by atoms with Crippen LogP contribution in [0.25, 0.3) is 22.2 Å². The normalized spacial score (nSPS) is 13.5. The van der Waals surface area contributed by atoms with E-state index in [0.29, 0.717) is 18.8 Å². The topological polar surface area (TPSA) is 76.8 Å². The SMILES string of the molecule is CCN(CC1=CCNC=C1)C(=O)c1cc(-c2ccnc3[nH]ccc23)c[nH]1. The molecular weight excluding hydrogens is 326 g/mol. The van der Waals surface area contributed by atoms with Crippen molar-refractivity contribution in [3.8, 4) is 11.1 Å². The fourth-order valence-electron chi connectivity index (χ4n) is 3.21. The number of rotatable bonds is 5. The lowest BCUT2D eigenvalue weighted by molar-refractivity contribution is 0.0774. The monoisotopic (exact) mass is 347 g/mol. The summed E-state index contributed by atoms with van der Waals surface area (Å²) in [4.78, 5) is 25.3. The Morgan fingerprint density at radius 1 is 1.31 bits per heavy atom. The molecule has 4 rings (SSSR count). The summed E-state index contributed by atoms with van der Waals surface area (Å²) in [5.41, 5.74) is 4.63. The van der Waals surface area contributed by atoms with Gasteiger partial charge in [0.25, 0.3) is 5.91 Å². The number of pyridine rings is 1. The Bertz CT molecular complexity index is 994. The molecule has 0 atom stereocenters. The second-order valence-electron chi connectivity index (χ2n) is 6.24. The average Bonchev–Trinajstić information content (AvgIpc) is 3.35. The van der Waals surface area contributed by atoms with Crippen LogP contribution >= 0.6 is 0 Å². The lowest BCUT2D eigenvalue weighted by Gasteiger charge is -2.22. The molecule has 4 heterocycles. The summed E-state index contributed by atoms with van der Waals surface area (Å²) in [6, 6.07) is 5.88. The van der Waals surface area contributed by atoms with Gasteiger partial charge >= 0.3 is 0 Å². The molecule has 0 unspecified atom stereocenters. The summed E-state index contributed by atoms with van der Waals surface area (Å²) in [7, 11) is 0. The highest BCUT2D eigenvalue weighted by Gasteiger charge is 2.18. The van der Waals surface area contributed by atoms with E-state index in [1.54, 1.807) is 6.20 Å². The molecule has 3 N–H and O–H groups in total. The first-order chi connectivity index (χ1) is 12.8. The second kappa shape index (κ2) is 6.92. The van der Waals surface area contributed by atoms with Crippen LogP contribution < -0.4 is 5.32 Å². The number of carbonyl (C=O) groups excluding carboxylic acids is 1. The molecule has 0 saturated carbocycles. The minimum atomic E-state index is 0.00551. The van der Waals surface area contributed by atoms with Gasteiger partial charge in [-0.2, -0.15) is 0 Å². The Morgan fingerprint density at radius 2 is 2.23 bits per heavy atom. The predicted molar refractivity (Wildman–Crippen MR) is 103 cm³/mol. The van der Waals surface area contributed by atoms with Gasteiger partial charge in [0.2, 0.25) is 0 Å². The van der Waals surface area contributed by atoms with Gasteiger partial charge in [0.1, 0.15) is 11.3 Å². The van der Waals surface area contributed by atoms with Gasteiger partial charge in [-0.15, -0.1) is 0 Å². The maximum atomic E-state index is 12.9. The molecule has 1 aliphatic rings. The van der Waals surface area contributed by atoms with Gasteiger partial charge in [-0.25, -0.2) is 4.98 Å². The Hall–Kier alpha value is -3.28. The predicted octanol–water partition coefficient (Wildman–Crippen LogP) is 3.06. The van der Waals surface area contributed by atoms with E-state index in [0.717, 1.165) is 34.3 Å². The van der Waals surface area contributed by atoms with Crippen molar-refractivity contribution in [2.45, 2.75) is 6.92 Å². The van der Waals surface area contributed by atoms with Crippen LogP contribution in [0.1, 0.15) is 17.4 Å². The molecule has 0 fully saturated rings. The van der Waals surface area contributed by atoms with E-state index in [-0.39, 0.29) is 5.91 Å². The highest BCUT2D eigenvalue weighted by Crippen LogP contribution is 2.27. The molecular formula is C20H21N5O. The number of aromatic amines is 2. The molecule has 0 bridgehead atoms. The Morgan fingerprint density at radius 3 is 3.04 bits per heavy atom. The maximum absolute atomic E-state index is 12.9. The van der Waals surface area contributed by atoms with Crippen LogP contribution in [0, 0.1) is 0 Å². The van der Waals surface area contributed by atoms with Gasteiger partial charge < -0.3 is 20.2 Å². The highest BCUT2D eigenvalue weighted by molar-refractivity contribution is 5.97. The zero-order chi connectivity index (χ0) is 17.9. The summed E-state index contributed by atoms with van der Waals surface area (Å²) in [5.74, 6) is 0.00551. The molecule has 0 radical (unpaired) electrons. The molecule has 0 saturated heterocycles. The van der Waals surface area contributed by atoms with Gasteiger partial charge in [0.05, 0.1) is 0 Å².